The third-order valence-electron chi connectivity index (χ3n) is 3.46. The fraction of sp³-hybridized carbons (Fsp3) is 0.600. The fourth-order valence-electron chi connectivity index (χ4n) is 2.97. The van der Waals surface area contributed by atoms with E-state index in [1.165, 1.54) is 12.8 Å². The van der Waals surface area contributed by atoms with Gasteiger partial charge in [-0.15, -0.1) is 0 Å². The van der Waals surface area contributed by atoms with Crippen LogP contribution in [0.1, 0.15) is 12.8 Å². The summed E-state index contributed by atoms with van der Waals surface area (Å²) in [5.41, 5.74) is 0. The Labute approximate surface area is 111 Å². The van der Waals surface area contributed by atoms with Gasteiger partial charge in [-0.1, -0.05) is 24.3 Å². The van der Waals surface area contributed by atoms with Crippen LogP contribution in [0.15, 0.2) is 24.3 Å². The minimum absolute atomic E-state index is 0. The van der Waals surface area contributed by atoms with Crippen LogP contribution in [0.5, 0.6) is 0 Å². The number of halogens is 2. The van der Waals surface area contributed by atoms with E-state index in [1.807, 2.05) is 0 Å². The molecular formula is C10H12Cl2Zr. The molecule has 1 fully saturated rings. The summed E-state index contributed by atoms with van der Waals surface area (Å²) in [6, 6.07) is 0. The molecule has 0 aromatic heterocycles. The molecule has 0 spiro atoms. The zero-order valence-electron chi connectivity index (χ0n) is 7.29. The topological polar surface area (TPSA) is 0 Å². The molecule has 3 aliphatic rings. The Morgan fingerprint density at radius 1 is 0.923 bits per heavy atom. The summed E-state index contributed by atoms with van der Waals surface area (Å²) in [4.78, 5) is 0. The normalized spacial score (nSPS) is 41.8. The van der Waals surface area contributed by atoms with Crippen LogP contribution in [0.25, 0.3) is 0 Å². The number of hydrogen-bond acceptors (Lipinski definition) is 0. The minimum atomic E-state index is 0. The standard InChI is InChI=1S/C10H12.2ClH.Zr/c1-2-9-7-4-5-8(6-7)10(9)3-1;;;/h1-2,4-5,7-10H,3,6H2;2*1H;/q;;;+2/p-2. The van der Waals surface area contributed by atoms with Gasteiger partial charge in [0, 0.05) is 0 Å². The third-order valence-corrected chi connectivity index (χ3v) is 3.46. The summed E-state index contributed by atoms with van der Waals surface area (Å²) >= 11 is 0. The average Bonchev–Trinajstić information content (AvgIpc) is 2.60. The van der Waals surface area contributed by atoms with Crippen LogP contribution in [0, 0.1) is 23.7 Å². The molecule has 0 aromatic carbocycles. The fourth-order valence-corrected chi connectivity index (χ4v) is 2.97. The van der Waals surface area contributed by atoms with Gasteiger partial charge in [0.05, 0.1) is 0 Å². The van der Waals surface area contributed by atoms with Gasteiger partial charge in [0.1, 0.15) is 0 Å². The zero-order chi connectivity index (χ0) is 6.55. The molecule has 0 heterocycles. The van der Waals surface area contributed by atoms with Crippen LogP contribution in [-0.4, -0.2) is 0 Å². The SMILES string of the molecule is C1=CC2C3C=CC(C3)C2C1.[Cl-].[Cl-].[Zr+2]. The molecule has 0 N–H and O–H groups in total. The molecule has 4 unspecified atom stereocenters. The van der Waals surface area contributed by atoms with Crippen LogP contribution in [0.4, 0.5) is 0 Å². The van der Waals surface area contributed by atoms with Gasteiger partial charge in [-0.05, 0) is 36.5 Å². The van der Waals surface area contributed by atoms with E-state index in [2.05, 4.69) is 24.3 Å². The second kappa shape index (κ2) is 5.14. The van der Waals surface area contributed by atoms with Gasteiger partial charge < -0.3 is 24.8 Å². The van der Waals surface area contributed by atoms with Gasteiger partial charge in [0.25, 0.3) is 0 Å². The van der Waals surface area contributed by atoms with Crippen LogP contribution in [-0.2, 0) is 26.2 Å². The van der Waals surface area contributed by atoms with Gasteiger partial charge in [0.2, 0.25) is 0 Å². The van der Waals surface area contributed by atoms with E-state index in [0.29, 0.717) is 0 Å². The van der Waals surface area contributed by atoms with Crippen LogP contribution in [0.2, 0.25) is 0 Å². The molecule has 13 heavy (non-hydrogen) atoms. The van der Waals surface area contributed by atoms with Crippen molar-refractivity contribution in [3.63, 3.8) is 0 Å². The molecule has 3 aliphatic carbocycles. The maximum absolute atomic E-state index is 2.44. The molecule has 0 radical (unpaired) electrons. The van der Waals surface area contributed by atoms with Crippen molar-refractivity contribution < 1.29 is 51.0 Å². The Kier molecular flexibility index (Phi) is 5.52. The van der Waals surface area contributed by atoms with E-state index >= 15 is 0 Å². The number of fused-ring (bicyclic) bond motifs is 5. The Morgan fingerprint density at radius 2 is 1.62 bits per heavy atom. The van der Waals surface area contributed by atoms with Crippen molar-refractivity contribution >= 4 is 0 Å². The summed E-state index contributed by atoms with van der Waals surface area (Å²) in [5.74, 6) is 3.82. The first kappa shape index (κ1) is 13.9. The van der Waals surface area contributed by atoms with Gasteiger partial charge in [0.15, 0.2) is 0 Å². The molecule has 2 bridgehead atoms. The van der Waals surface area contributed by atoms with Crippen molar-refractivity contribution in [2.75, 3.05) is 0 Å². The molecular weight excluding hydrogens is 282 g/mol. The molecule has 0 aliphatic heterocycles. The number of hydrogen-bond donors (Lipinski definition) is 0. The summed E-state index contributed by atoms with van der Waals surface area (Å²) in [7, 11) is 0. The Morgan fingerprint density at radius 3 is 2.31 bits per heavy atom. The van der Waals surface area contributed by atoms with Crippen LogP contribution < -0.4 is 24.8 Å². The van der Waals surface area contributed by atoms with Gasteiger partial charge in [-0.25, -0.2) is 0 Å². The Hall–Kier alpha value is 0.943. The van der Waals surface area contributed by atoms with E-state index in [1.54, 1.807) is 0 Å². The Bertz CT molecular complexity index is 225. The second-order valence-corrected chi connectivity index (χ2v) is 3.85. The van der Waals surface area contributed by atoms with Crippen molar-refractivity contribution in [2.45, 2.75) is 12.8 Å². The molecule has 0 nitrogen and oxygen atoms in total. The second-order valence-electron chi connectivity index (χ2n) is 3.85. The molecule has 0 amide bonds. The van der Waals surface area contributed by atoms with E-state index in [0.717, 1.165) is 23.7 Å². The largest absolute Gasteiger partial charge is 2.00 e. The van der Waals surface area contributed by atoms with Crippen LogP contribution in [0.3, 0.4) is 0 Å². The molecule has 3 heteroatoms. The van der Waals surface area contributed by atoms with Gasteiger partial charge >= 0.3 is 26.2 Å². The molecule has 0 saturated heterocycles. The smallest absolute Gasteiger partial charge is 1.00 e. The maximum atomic E-state index is 2.44. The summed E-state index contributed by atoms with van der Waals surface area (Å²) in [6.45, 7) is 0. The summed E-state index contributed by atoms with van der Waals surface area (Å²) in [6.07, 6.45) is 12.5. The zero-order valence-corrected chi connectivity index (χ0v) is 11.3. The number of rotatable bonds is 0. The van der Waals surface area contributed by atoms with Crippen molar-refractivity contribution in [1.82, 2.24) is 0 Å². The first-order chi connectivity index (χ1) is 4.95. The molecule has 3 rings (SSSR count). The maximum Gasteiger partial charge on any atom is 2.00 e. The van der Waals surface area contributed by atoms with Crippen molar-refractivity contribution in [1.29, 1.82) is 0 Å². The van der Waals surface area contributed by atoms with E-state index in [-0.39, 0.29) is 51.0 Å². The Balaban J connectivity index is 0.000000480. The first-order valence-electron chi connectivity index (χ1n) is 4.30. The quantitative estimate of drug-likeness (QED) is 0.405. The van der Waals surface area contributed by atoms with Crippen molar-refractivity contribution in [2.24, 2.45) is 23.7 Å². The average molecular weight is 294 g/mol. The van der Waals surface area contributed by atoms with Crippen LogP contribution >= 0.6 is 0 Å². The minimum Gasteiger partial charge on any atom is -1.00 e. The molecule has 70 valence electrons. The van der Waals surface area contributed by atoms with Gasteiger partial charge in [-0.3, -0.25) is 0 Å². The summed E-state index contributed by atoms with van der Waals surface area (Å²) in [5, 5.41) is 0. The van der Waals surface area contributed by atoms with E-state index in [9.17, 15) is 0 Å². The molecule has 1 saturated carbocycles. The summed E-state index contributed by atoms with van der Waals surface area (Å²) < 4.78 is 0. The van der Waals surface area contributed by atoms with E-state index < -0.39 is 0 Å². The molecule has 0 aromatic rings. The van der Waals surface area contributed by atoms with Gasteiger partial charge in [-0.2, -0.15) is 0 Å². The number of allylic oxidation sites excluding steroid dienone is 4. The third kappa shape index (κ3) is 1.99. The van der Waals surface area contributed by atoms with Crippen molar-refractivity contribution in [3.8, 4) is 0 Å². The predicted octanol–water partition coefficient (Wildman–Crippen LogP) is -3.61. The monoisotopic (exact) mass is 292 g/mol. The molecule has 4 atom stereocenters. The van der Waals surface area contributed by atoms with E-state index in [4.69, 9.17) is 0 Å². The first-order valence-corrected chi connectivity index (χ1v) is 4.30. The van der Waals surface area contributed by atoms with Crippen molar-refractivity contribution in [3.05, 3.63) is 24.3 Å². The predicted molar refractivity (Wildman–Crippen MR) is 41.5 cm³/mol.